The Labute approximate surface area is 63.5 Å². The van der Waals surface area contributed by atoms with E-state index in [1.165, 1.54) is 0 Å². The highest BCUT2D eigenvalue weighted by atomic mass is 79.9. The highest BCUT2D eigenvalue weighted by Crippen LogP contribution is 2.01. The van der Waals surface area contributed by atoms with Crippen LogP contribution in [0.5, 0.6) is 0 Å². The largest absolute Gasteiger partial charge is 0.381 e. The van der Waals surface area contributed by atoms with Crippen LogP contribution in [0.3, 0.4) is 0 Å². The van der Waals surface area contributed by atoms with Crippen LogP contribution in [-0.2, 0) is 4.74 Å². The van der Waals surface area contributed by atoms with Gasteiger partial charge >= 0.3 is 0 Å². The van der Waals surface area contributed by atoms with E-state index in [1.807, 2.05) is 6.92 Å². The molecule has 0 radical (unpaired) electrons. The van der Waals surface area contributed by atoms with Gasteiger partial charge < -0.3 is 4.74 Å². The van der Waals surface area contributed by atoms with Crippen molar-refractivity contribution < 1.29 is 4.74 Å². The van der Waals surface area contributed by atoms with Crippen molar-refractivity contribution in [2.24, 2.45) is 0 Å². The van der Waals surface area contributed by atoms with Gasteiger partial charge in [0.2, 0.25) is 0 Å². The molecule has 1 nitrogen and oxygen atoms in total. The van der Waals surface area contributed by atoms with Crippen LogP contribution in [0.15, 0.2) is 0 Å². The molecule has 0 heterocycles. The molecule has 0 aliphatic rings. The molecule has 0 N–H and O–H groups in total. The fourth-order valence-electron chi connectivity index (χ4n) is 0.290. The van der Waals surface area contributed by atoms with Gasteiger partial charge in [-0.3, -0.25) is 0 Å². The molecule has 0 saturated heterocycles. The zero-order chi connectivity index (χ0) is 6.41. The third-order valence-corrected chi connectivity index (χ3v) is 2.00. The average Bonchev–Trinajstić information content (AvgIpc) is 1.83. The second-order valence-electron chi connectivity index (χ2n) is 1.41. The van der Waals surface area contributed by atoms with E-state index in [-0.39, 0.29) is 0 Å². The molecule has 0 saturated carbocycles. The molecule has 0 aromatic heterocycles. The van der Waals surface area contributed by atoms with Gasteiger partial charge in [-0.05, 0) is 6.92 Å². The Morgan fingerprint density at radius 2 is 2.38 bits per heavy atom. The zero-order valence-electron chi connectivity index (χ0n) is 4.86. The van der Waals surface area contributed by atoms with E-state index in [2.05, 4.69) is 15.9 Å². The van der Waals surface area contributed by atoms with Crippen LogP contribution in [-0.4, -0.2) is 23.9 Å². The summed E-state index contributed by atoms with van der Waals surface area (Å²) in [6.07, 6.45) is 0. The molecule has 0 fully saturated rings. The Bertz CT molecular complexity index is 51.7. The maximum Gasteiger partial charge on any atom is 0.0602 e. The molecule has 0 aliphatic carbocycles. The quantitative estimate of drug-likeness (QED) is 0.633. The van der Waals surface area contributed by atoms with Crippen LogP contribution in [0.2, 0.25) is 0 Å². The molecular weight excluding hydrogens is 191 g/mol. The lowest BCUT2D eigenvalue weighted by molar-refractivity contribution is 0.153. The van der Waals surface area contributed by atoms with Crippen LogP contribution in [0.25, 0.3) is 0 Å². The summed E-state index contributed by atoms with van der Waals surface area (Å²) in [6.45, 7) is 3.44. The normalized spacial score (nSPS) is 13.9. The first kappa shape index (κ1) is 8.73. The molecule has 1 unspecified atom stereocenters. The number of hydrogen-bond acceptors (Lipinski definition) is 1. The fourth-order valence-corrected chi connectivity index (χ4v) is 0.566. The lowest BCUT2D eigenvalue weighted by Gasteiger charge is -2.03. The predicted octanol–water partition coefficient (Wildman–Crippen LogP) is 2.03. The van der Waals surface area contributed by atoms with Crippen molar-refractivity contribution in [2.75, 3.05) is 19.1 Å². The summed E-state index contributed by atoms with van der Waals surface area (Å²) in [5, 5.41) is 0. The molecule has 8 heavy (non-hydrogen) atoms. The minimum atomic E-state index is 0.309. The molecule has 3 heteroatoms. The van der Waals surface area contributed by atoms with E-state index < -0.39 is 0 Å². The Morgan fingerprint density at radius 3 is 2.75 bits per heavy atom. The summed E-state index contributed by atoms with van der Waals surface area (Å²) in [5.74, 6) is 0.611. The van der Waals surface area contributed by atoms with Gasteiger partial charge in [0.25, 0.3) is 0 Å². The number of alkyl halides is 2. The fraction of sp³-hybridized carbons (Fsp3) is 1.00. The number of hydrogen-bond donors (Lipinski definition) is 0. The van der Waals surface area contributed by atoms with Crippen molar-refractivity contribution in [2.45, 2.75) is 11.8 Å². The standard InChI is InChI=1S/C5H10BrClO/c1-2-8-4-5(6)3-7/h5H,2-4H2,1H3. The molecule has 0 aromatic rings. The van der Waals surface area contributed by atoms with E-state index in [4.69, 9.17) is 16.3 Å². The molecule has 1 atom stereocenters. The van der Waals surface area contributed by atoms with Crippen molar-refractivity contribution in [3.05, 3.63) is 0 Å². The van der Waals surface area contributed by atoms with Gasteiger partial charge in [0.15, 0.2) is 0 Å². The van der Waals surface area contributed by atoms with Crippen molar-refractivity contribution in [1.29, 1.82) is 0 Å². The van der Waals surface area contributed by atoms with E-state index >= 15 is 0 Å². The lowest BCUT2D eigenvalue weighted by Crippen LogP contribution is -2.09. The van der Waals surface area contributed by atoms with E-state index in [1.54, 1.807) is 0 Å². The smallest absolute Gasteiger partial charge is 0.0602 e. The Hall–Kier alpha value is 0.730. The van der Waals surface area contributed by atoms with Crippen LogP contribution < -0.4 is 0 Å². The summed E-state index contributed by atoms with van der Waals surface area (Å²) < 4.78 is 5.05. The monoisotopic (exact) mass is 200 g/mol. The lowest BCUT2D eigenvalue weighted by atomic mass is 10.5. The highest BCUT2D eigenvalue weighted by Gasteiger charge is 1.98. The molecule has 0 aliphatic heterocycles. The average molecular weight is 201 g/mol. The van der Waals surface area contributed by atoms with Gasteiger partial charge in [-0.2, -0.15) is 0 Å². The second-order valence-corrected chi connectivity index (χ2v) is 3.01. The topological polar surface area (TPSA) is 9.23 Å². The Balaban J connectivity index is 2.86. The minimum Gasteiger partial charge on any atom is -0.381 e. The van der Waals surface area contributed by atoms with Crippen molar-refractivity contribution in [3.8, 4) is 0 Å². The van der Waals surface area contributed by atoms with Crippen molar-refractivity contribution in [3.63, 3.8) is 0 Å². The molecule has 0 aromatic carbocycles. The van der Waals surface area contributed by atoms with Crippen LogP contribution in [0.1, 0.15) is 6.92 Å². The van der Waals surface area contributed by atoms with Gasteiger partial charge in [-0.1, -0.05) is 15.9 Å². The van der Waals surface area contributed by atoms with Crippen LogP contribution in [0, 0.1) is 0 Å². The SMILES string of the molecule is CCOCC(Br)CCl. The van der Waals surface area contributed by atoms with Gasteiger partial charge in [0, 0.05) is 12.5 Å². The van der Waals surface area contributed by atoms with Crippen molar-refractivity contribution >= 4 is 27.5 Å². The molecular formula is C5H10BrClO. The highest BCUT2D eigenvalue weighted by molar-refractivity contribution is 9.09. The minimum absolute atomic E-state index is 0.309. The van der Waals surface area contributed by atoms with E-state index in [9.17, 15) is 0 Å². The first-order valence-electron chi connectivity index (χ1n) is 2.59. The van der Waals surface area contributed by atoms with Crippen molar-refractivity contribution in [1.82, 2.24) is 0 Å². The maximum absolute atomic E-state index is 5.46. The van der Waals surface area contributed by atoms with E-state index in [0.29, 0.717) is 17.3 Å². The molecule has 50 valence electrons. The third kappa shape index (κ3) is 4.88. The first-order chi connectivity index (χ1) is 3.81. The second kappa shape index (κ2) is 5.86. The van der Waals surface area contributed by atoms with Gasteiger partial charge in [-0.25, -0.2) is 0 Å². The third-order valence-electron chi connectivity index (χ3n) is 0.670. The maximum atomic E-state index is 5.46. The summed E-state index contributed by atoms with van der Waals surface area (Å²) in [5.41, 5.74) is 0. The summed E-state index contributed by atoms with van der Waals surface area (Å²) in [4.78, 5) is 0.309. The number of ether oxygens (including phenoxy) is 1. The van der Waals surface area contributed by atoms with Gasteiger partial charge in [0.1, 0.15) is 0 Å². The summed E-state index contributed by atoms with van der Waals surface area (Å²) in [6, 6.07) is 0. The first-order valence-corrected chi connectivity index (χ1v) is 4.04. The number of rotatable bonds is 4. The van der Waals surface area contributed by atoms with Crippen LogP contribution >= 0.6 is 27.5 Å². The van der Waals surface area contributed by atoms with Crippen LogP contribution in [0.4, 0.5) is 0 Å². The summed E-state index contributed by atoms with van der Waals surface area (Å²) in [7, 11) is 0. The Kier molecular flexibility index (Phi) is 6.39. The summed E-state index contributed by atoms with van der Waals surface area (Å²) >= 11 is 8.78. The molecule has 0 bridgehead atoms. The number of halogens is 2. The Morgan fingerprint density at radius 1 is 1.75 bits per heavy atom. The predicted molar refractivity (Wildman–Crippen MR) is 39.9 cm³/mol. The van der Waals surface area contributed by atoms with E-state index in [0.717, 1.165) is 6.61 Å². The molecule has 0 amide bonds. The molecule has 0 spiro atoms. The van der Waals surface area contributed by atoms with Gasteiger partial charge in [0.05, 0.1) is 11.4 Å². The molecule has 0 rings (SSSR count). The van der Waals surface area contributed by atoms with Gasteiger partial charge in [-0.15, -0.1) is 11.6 Å². The zero-order valence-corrected chi connectivity index (χ0v) is 7.20.